The van der Waals surface area contributed by atoms with Crippen molar-refractivity contribution in [3.8, 4) is 0 Å². The van der Waals surface area contributed by atoms with Gasteiger partial charge < -0.3 is 9.90 Å². The van der Waals surface area contributed by atoms with E-state index in [1.165, 1.54) is 0 Å². The topological polar surface area (TPSA) is 50.2 Å². The molecule has 0 spiro atoms. The summed E-state index contributed by atoms with van der Waals surface area (Å²) >= 11 is 0. The fraction of sp³-hybridized carbons (Fsp3) is 0.250. The number of aliphatic hydroxyl groups excluding tert-OH is 1. The van der Waals surface area contributed by atoms with Gasteiger partial charge >= 0.3 is 0 Å². The summed E-state index contributed by atoms with van der Waals surface area (Å²) in [6.07, 6.45) is 3.33. The van der Waals surface area contributed by atoms with Crippen LogP contribution in [0.25, 0.3) is 0 Å². The van der Waals surface area contributed by atoms with Crippen molar-refractivity contribution in [2.24, 2.45) is 0 Å². The van der Waals surface area contributed by atoms with E-state index < -0.39 is 6.10 Å². The van der Waals surface area contributed by atoms with Crippen molar-refractivity contribution in [3.63, 3.8) is 0 Å². The molecule has 0 saturated carbocycles. The lowest BCUT2D eigenvalue weighted by molar-refractivity contribution is -0.109. The van der Waals surface area contributed by atoms with E-state index in [0.717, 1.165) is 5.56 Å². The van der Waals surface area contributed by atoms with Gasteiger partial charge in [-0.15, -0.1) is 0 Å². The van der Waals surface area contributed by atoms with Gasteiger partial charge in [0.25, 0.3) is 0 Å². The molecule has 3 nitrogen and oxygen atoms in total. The first-order valence-electron chi connectivity index (χ1n) is 3.36. The smallest absolute Gasteiger partial charge is 0.122 e. The Morgan fingerprint density at radius 3 is 2.73 bits per heavy atom. The Bertz CT molecular complexity index is 223. The summed E-state index contributed by atoms with van der Waals surface area (Å²) in [7, 11) is 0. The number of rotatable bonds is 3. The minimum absolute atomic E-state index is 0.143. The summed E-state index contributed by atoms with van der Waals surface area (Å²) in [4.78, 5) is 13.8. The Morgan fingerprint density at radius 2 is 2.18 bits per heavy atom. The molecule has 1 aromatic rings. The summed E-state index contributed by atoms with van der Waals surface area (Å²) in [6.45, 7) is 0. The molecule has 0 aromatic carbocycles. The monoisotopic (exact) mass is 151 g/mol. The summed E-state index contributed by atoms with van der Waals surface area (Å²) in [5, 5.41) is 9.26. The molecule has 1 aromatic heterocycles. The van der Waals surface area contributed by atoms with E-state index in [4.69, 9.17) is 0 Å². The normalized spacial score (nSPS) is 12.5. The number of aliphatic hydroxyl groups is 1. The second-order valence-corrected chi connectivity index (χ2v) is 2.20. The molecule has 0 aliphatic rings. The molecule has 0 bridgehead atoms. The van der Waals surface area contributed by atoms with Crippen LogP contribution in [0.4, 0.5) is 0 Å². The van der Waals surface area contributed by atoms with Gasteiger partial charge in [-0.3, -0.25) is 4.98 Å². The predicted molar refractivity (Wildman–Crippen MR) is 39.9 cm³/mol. The van der Waals surface area contributed by atoms with E-state index in [2.05, 4.69) is 4.98 Å². The van der Waals surface area contributed by atoms with Gasteiger partial charge in [0, 0.05) is 18.8 Å². The Kier molecular flexibility index (Phi) is 2.74. The van der Waals surface area contributed by atoms with Crippen LogP contribution in [0.3, 0.4) is 0 Å². The first-order valence-corrected chi connectivity index (χ1v) is 3.36. The second kappa shape index (κ2) is 3.83. The zero-order chi connectivity index (χ0) is 8.10. The Hall–Kier alpha value is -1.22. The Labute approximate surface area is 64.7 Å². The van der Waals surface area contributed by atoms with E-state index >= 15 is 0 Å². The van der Waals surface area contributed by atoms with Crippen molar-refractivity contribution in [1.82, 2.24) is 4.98 Å². The molecule has 58 valence electrons. The van der Waals surface area contributed by atoms with E-state index in [0.29, 0.717) is 6.29 Å². The largest absolute Gasteiger partial charge is 0.388 e. The Morgan fingerprint density at radius 1 is 1.55 bits per heavy atom. The van der Waals surface area contributed by atoms with Crippen molar-refractivity contribution < 1.29 is 9.90 Å². The molecule has 0 aliphatic carbocycles. The molecule has 3 heteroatoms. The van der Waals surface area contributed by atoms with E-state index in [-0.39, 0.29) is 6.42 Å². The molecule has 0 radical (unpaired) electrons. The standard InChI is InChI=1S/C8H9NO2/c10-6-3-8(11)7-1-4-9-5-2-7/h1-2,4-6,8,11H,3H2/t8-/m1/s1. The molecule has 0 saturated heterocycles. The lowest BCUT2D eigenvalue weighted by atomic mass is 10.1. The molecule has 0 unspecified atom stereocenters. The summed E-state index contributed by atoms with van der Waals surface area (Å²) < 4.78 is 0. The highest BCUT2D eigenvalue weighted by Gasteiger charge is 2.04. The molecule has 0 aliphatic heterocycles. The first-order chi connectivity index (χ1) is 5.34. The van der Waals surface area contributed by atoms with Crippen molar-refractivity contribution in [2.75, 3.05) is 0 Å². The van der Waals surface area contributed by atoms with Gasteiger partial charge in [0.15, 0.2) is 0 Å². The fourth-order valence-corrected chi connectivity index (χ4v) is 0.813. The maximum Gasteiger partial charge on any atom is 0.122 e. The third kappa shape index (κ3) is 2.13. The molecular formula is C8H9NO2. The fourth-order valence-electron chi connectivity index (χ4n) is 0.813. The van der Waals surface area contributed by atoms with Crippen LogP contribution in [0.15, 0.2) is 24.5 Å². The number of aldehydes is 1. The van der Waals surface area contributed by atoms with Crippen molar-refractivity contribution in [2.45, 2.75) is 12.5 Å². The third-order valence-electron chi connectivity index (χ3n) is 1.41. The number of nitrogens with zero attached hydrogens (tertiary/aromatic N) is 1. The quantitative estimate of drug-likeness (QED) is 0.647. The van der Waals surface area contributed by atoms with E-state index in [1.807, 2.05) is 0 Å². The van der Waals surface area contributed by atoms with Gasteiger partial charge in [0.05, 0.1) is 6.10 Å². The average Bonchev–Trinajstić information content (AvgIpc) is 2.07. The number of hydrogen-bond acceptors (Lipinski definition) is 3. The number of carbonyl (C=O) groups is 1. The van der Waals surface area contributed by atoms with Crippen LogP contribution in [0.1, 0.15) is 18.1 Å². The molecule has 0 amide bonds. The number of aromatic nitrogens is 1. The van der Waals surface area contributed by atoms with Gasteiger partial charge in [-0.05, 0) is 17.7 Å². The second-order valence-electron chi connectivity index (χ2n) is 2.20. The van der Waals surface area contributed by atoms with Crippen LogP contribution in [0, 0.1) is 0 Å². The molecule has 11 heavy (non-hydrogen) atoms. The van der Waals surface area contributed by atoms with Crippen LogP contribution in [0.5, 0.6) is 0 Å². The lowest BCUT2D eigenvalue weighted by Crippen LogP contribution is -1.97. The van der Waals surface area contributed by atoms with Gasteiger partial charge in [0.1, 0.15) is 6.29 Å². The van der Waals surface area contributed by atoms with Crippen LogP contribution in [-0.4, -0.2) is 16.4 Å². The first kappa shape index (κ1) is 7.88. The van der Waals surface area contributed by atoms with Crippen LogP contribution in [0.2, 0.25) is 0 Å². The van der Waals surface area contributed by atoms with Gasteiger partial charge in [-0.2, -0.15) is 0 Å². The van der Waals surface area contributed by atoms with Crippen molar-refractivity contribution in [3.05, 3.63) is 30.1 Å². The zero-order valence-corrected chi connectivity index (χ0v) is 5.97. The molecular weight excluding hydrogens is 142 g/mol. The van der Waals surface area contributed by atoms with Gasteiger partial charge in [0.2, 0.25) is 0 Å². The van der Waals surface area contributed by atoms with Crippen LogP contribution >= 0.6 is 0 Å². The maximum absolute atomic E-state index is 10.0. The summed E-state index contributed by atoms with van der Waals surface area (Å²) in [5.74, 6) is 0. The SMILES string of the molecule is O=CC[C@@H](O)c1ccncc1. The average molecular weight is 151 g/mol. The molecule has 1 heterocycles. The van der Waals surface area contributed by atoms with E-state index in [1.54, 1.807) is 24.5 Å². The maximum atomic E-state index is 10.0. The number of hydrogen-bond donors (Lipinski definition) is 1. The molecule has 1 rings (SSSR count). The highest BCUT2D eigenvalue weighted by molar-refractivity contribution is 5.50. The predicted octanol–water partition coefficient (Wildman–Crippen LogP) is 0.704. The minimum Gasteiger partial charge on any atom is -0.388 e. The minimum atomic E-state index is -0.685. The van der Waals surface area contributed by atoms with Gasteiger partial charge in [-0.1, -0.05) is 0 Å². The number of carbonyl (C=O) groups excluding carboxylic acids is 1. The summed E-state index contributed by atoms with van der Waals surface area (Å²) in [6, 6.07) is 3.38. The number of pyridine rings is 1. The zero-order valence-electron chi connectivity index (χ0n) is 5.97. The van der Waals surface area contributed by atoms with Gasteiger partial charge in [-0.25, -0.2) is 0 Å². The molecule has 0 fully saturated rings. The lowest BCUT2D eigenvalue weighted by Gasteiger charge is -2.04. The van der Waals surface area contributed by atoms with Crippen LogP contribution in [-0.2, 0) is 4.79 Å². The summed E-state index contributed by atoms with van der Waals surface area (Å²) in [5.41, 5.74) is 0.729. The van der Waals surface area contributed by atoms with Crippen molar-refractivity contribution >= 4 is 6.29 Å². The molecule has 1 atom stereocenters. The Balaban J connectivity index is 2.68. The molecule has 1 N–H and O–H groups in total. The third-order valence-corrected chi connectivity index (χ3v) is 1.41. The highest BCUT2D eigenvalue weighted by Crippen LogP contribution is 2.12. The van der Waals surface area contributed by atoms with Crippen LogP contribution < -0.4 is 0 Å². The highest BCUT2D eigenvalue weighted by atomic mass is 16.3. The van der Waals surface area contributed by atoms with E-state index in [9.17, 15) is 9.90 Å². The van der Waals surface area contributed by atoms with Crippen molar-refractivity contribution in [1.29, 1.82) is 0 Å².